The van der Waals surface area contributed by atoms with E-state index in [-0.39, 0.29) is 12.0 Å². The summed E-state index contributed by atoms with van der Waals surface area (Å²) < 4.78 is 0. The molecule has 0 saturated carbocycles. The molecular weight excluding hydrogens is 326 g/mol. The topological polar surface area (TPSA) is 67.6 Å². The molecule has 5 nitrogen and oxygen atoms in total. The number of aliphatic hydroxyl groups excluding tert-OH is 1. The number of anilines is 1. The van der Waals surface area contributed by atoms with Crippen molar-refractivity contribution in [3.05, 3.63) is 65.2 Å². The number of nitriles is 1. The van der Waals surface area contributed by atoms with Crippen LogP contribution in [0.4, 0.5) is 5.69 Å². The van der Waals surface area contributed by atoms with Crippen LogP contribution in [0.25, 0.3) is 0 Å². The van der Waals surface area contributed by atoms with Gasteiger partial charge in [0.2, 0.25) is 0 Å². The van der Waals surface area contributed by atoms with Crippen molar-refractivity contribution in [3.8, 4) is 6.07 Å². The van der Waals surface area contributed by atoms with Gasteiger partial charge in [0.25, 0.3) is 5.91 Å². The van der Waals surface area contributed by atoms with E-state index in [1.54, 1.807) is 24.1 Å². The summed E-state index contributed by atoms with van der Waals surface area (Å²) in [6, 6.07) is 17.0. The maximum Gasteiger partial charge on any atom is 0.253 e. The van der Waals surface area contributed by atoms with Crippen molar-refractivity contribution in [3.63, 3.8) is 0 Å². The van der Waals surface area contributed by atoms with E-state index in [0.29, 0.717) is 17.7 Å². The zero-order chi connectivity index (χ0) is 18.5. The van der Waals surface area contributed by atoms with Crippen molar-refractivity contribution in [2.75, 3.05) is 25.0 Å². The zero-order valence-electron chi connectivity index (χ0n) is 14.9. The van der Waals surface area contributed by atoms with Gasteiger partial charge in [-0.05, 0) is 54.8 Å². The largest absolute Gasteiger partial charge is 0.393 e. The predicted molar refractivity (Wildman–Crippen MR) is 101 cm³/mol. The third-order valence-corrected chi connectivity index (χ3v) is 4.79. The summed E-state index contributed by atoms with van der Waals surface area (Å²) in [7, 11) is 1.78. The number of hydrogen-bond donors (Lipinski definition) is 1. The van der Waals surface area contributed by atoms with Crippen molar-refractivity contribution in [1.82, 2.24) is 4.90 Å². The standard InChI is InChI=1S/C21H23N3O2/c1-23(15-17-4-2-16(14-22)3-5-17)21(26)18-6-8-19(9-7-18)24-12-10-20(25)11-13-24/h2-9,20,25H,10-13,15H2,1H3. The average molecular weight is 349 g/mol. The number of aliphatic hydroxyl groups is 1. The first-order chi connectivity index (χ1) is 12.6. The average Bonchev–Trinajstić information content (AvgIpc) is 2.69. The van der Waals surface area contributed by atoms with E-state index >= 15 is 0 Å². The van der Waals surface area contributed by atoms with Gasteiger partial charge in [-0.2, -0.15) is 5.26 Å². The van der Waals surface area contributed by atoms with Crippen molar-refractivity contribution >= 4 is 11.6 Å². The second-order valence-corrected chi connectivity index (χ2v) is 6.74. The summed E-state index contributed by atoms with van der Waals surface area (Å²) in [5, 5.41) is 18.5. The Morgan fingerprint density at radius 1 is 1.15 bits per heavy atom. The van der Waals surface area contributed by atoms with Crippen LogP contribution >= 0.6 is 0 Å². The number of amides is 1. The van der Waals surface area contributed by atoms with E-state index in [2.05, 4.69) is 11.0 Å². The Kier molecular flexibility index (Phi) is 5.55. The molecule has 0 aliphatic carbocycles. The van der Waals surface area contributed by atoms with Gasteiger partial charge in [-0.1, -0.05) is 12.1 Å². The number of carbonyl (C=O) groups excluding carboxylic acids is 1. The summed E-state index contributed by atoms with van der Waals surface area (Å²) in [5.74, 6) is -0.0324. The monoisotopic (exact) mass is 349 g/mol. The van der Waals surface area contributed by atoms with Gasteiger partial charge < -0.3 is 14.9 Å². The van der Waals surface area contributed by atoms with Crippen molar-refractivity contribution < 1.29 is 9.90 Å². The van der Waals surface area contributed by atoms with Crippen LogP contribution < -0.4 is 4.90 Å². The molecule has 0 unspecified atom stereocenters. The molecule has 0 bridgehead atoms. The molecule has 0 atom stereocenters. The molecule has 1 aliphatic rings. The number of piperidine rings is 1. The molecular formula is C21H23N3O2. The Hall–Kier alpha value is -2.84. The quantitative estimate of drug-likeness (QED) is 0.922. The molecule has 26 heavy (non-hydrogen) atoms. The third-order valence-electron chi connectivity index (χ3n) is 4.79. The third kappa shape index (κ3) is 4.22. The van der Waals surface area contributed by atoms with Crippen LogP contribution in [-0.4, -0.2) is 42.2 Å². The van der Waals surface area contributed by atoms with E-state index < -0.39 is 0 Å². The first-order valence-electron chi connectivity index (χ1n) is 8.84. The van der Waals surface area contributed by atoms with Gasteiger partial charge in [0, 0.05) is 37.9 Å². The van der Waals surface area contributed by atoms with Gasteiger partial charge >= 0.3 is 0 Å². The maximum atomic E-state index is 12.6. The molecule has 134 valence electrons. The lowest BCUT2D eigenvalue weighted by Gasteiger charge is -2.31. The molecule has 3 rings (SSSR count). The van der Waals surface area contributed by atoms with Crippen molar-refractivity contribution in [2.45, 2.75) is 25.5 Å². The lowest BCUT2D eigenvalue weighted by Crippen LogP contribution is -2.35. The van der Waals surface area contributed by atoms with E-state index in [0.717, 1.165) is 37.2 Å². The molecule has 1 aliphatic heterocycles. The fourth-order valence-electron chi connectivity index (χ4n) is 3.19. The molecule has 0 aromatic heterocycles. The SMILES string of the molecule is CN(Cc1ccc(C#N)cc1)C(=O)c1ccc(N2CCC(O)CC2)cc1. The molecule has 5 heteroatoms. The molecule has 0 radical (unpaired) electrons. The highest BCUT2D eigenvalue weighted by atomic mass is 16.3. The second-order valence-electron chi connectivity index (χ2n) is 6.74. The van der Waals surface area contributed by atoms with Gasteiger partial charge in [0.1, 0.15) is 0 Å². The van der Waals surface area contributed by atoms with Crippen LogP contribution in [0.2, 0.25) is 0 Å². The Balaban J connectivity index is 1.62. The highest BCUT2D eigenvalue weighted by Gasteiger charge is 2.18. The van der Waals surface area contributed by atoms with E-state index in [4.69, 9.17) is 5.26 Å². The van der Waals surface area contributed by atoms with E-state index in [9.17, 15) is 9.90 Å². The highest BCUT2D eigenvalue weighted by molar-refractivity contribution is 5.94. The lowest BCUT2D eigenvalue weighted by molar-refractivity contribution is 0.0785. The minimum atomic E-state index is -0.192. The molecule has 2 aromatic carbocycles. The van der Waals surface area contributed by atoms with Gasteiger partial charge in [0.15, 0.2) is 0 Å². The van der Waals surface area contributed by atoms with Crippen LogP contribution in [0.15, 0.2) is 48.5 Å². The highest BCUT2D eigenvalue weighted by Crippen LogP contribution is 2.21. The fourth-order valence-corrected chi connectivity index (χ4v) is 3.19. The minimum absolute atomic E-state index is 0.0324. The molecule has 1 amide bonds. The van der Waals surface area contributed by atoms with Crippen LogP contribution in [0.5, 0.6) is 0 Å². The van der Waals surface area contributed by atoms with Crippen LogP contribution in [-0.2, 0) is 6.54 Å². The van der Waals surface area contributed by atoms with E-state index in [1.807, 2.05) is 36.4 Å². The van der Waals surface area contributed by atoms with Crippen LogP contribution in [0, 0.1) is 11.3 Å². The van der Waals surface area contributed by atoms with Gasteiger partial charge in [0.05, 0.1) is 17.7 Å². The lowest BCUT2D eigenvalue weighted by atomic mass is 10.1. The molecule has 1 N–H and O–H groups in total. The molecule has 2 aromatic rings. The number of benzene rings is 2. The summed E-state index contributed by atoms with van der Waals surface area (Å²) in [6.45, 7) is 2.18. The zero-order valence-corrected chi connectivity index (χ0v) is 14.9. The smallest absolute Gasteiger partial charge is 0.253 e. The maximum absolute atomic E-state index is 12.6. The molecule has 1 fully saturated rings. The van der Waals surface area contributed by atoms with Crippen LogP contribution in [0.3, 0.4) is 0 Å². The van der Waals surface area contributed by atoms with Gasteiger partial charge in [-0.15, -0.1) is 0 Å². The normalized spacial score (nSPS) is 14.7. The Bertz CT molecular complexity index is 786. The van der Waals surface area contributed by atoms with Crippen molar-refractivity contribution in [1.29, 1.82) is 5.26 Å². The predicted octanol–water partition coefficient (Wildman–Crippen LogP) is 2.79. The summed E-state index contributed by atoms with van der Waals surface area (Å²) in [6.07, 6.45) is 1.38. The first-order valence-corrected chi connectivity index (χ1v) is 8.84. The molecule has 1 heterocycles. The van der Waals surface area contributed by atoms with Gasteiger partial charge in [-0.25, -0.2) is 0 Å². The van der Waals surface area contributed by atoms with E-state index in [1.165, 1.54) is 0 Å². The summed E-state index contributed by atoms with van der Waals surface area (Å²) >= 11 is 0. The summed E-state index contributed by atoms with van der Waals surface area (Å²) in [4.78, 5) is 16.5. The number of rotatable bonds is 4. The Morgan fingerprint density at radius 3 is 2.35 bits per heavy atom. The number of carbonyl (C=O) groups is 1. The number of nitrogens with zero attached hydrogens (tertiary/aromatic N) is 3. The Morgan fingerprint density at radius 2 is 1.77 bits per heavy atom. The minimum Gasteiger partial charge on any atom is -0.393 e. The first kappa shape index (κ1) is 18.0. The fraction of sp³-hybridized carbons (Fsp3) is 0.333. The van der Waals surface area contributed by atoms with Crippen molar-refractivity contribution in [2.24, 2.45) is 0 Å². The van der Waals surface area contributed by atoms with Gasteiger partial charge in [-0.3, -0.25) is 4.79 Å². The second kappa shape index (κ2) is 8.03. The Labute approximate surface area is 154 Å². The molecule has 1 saturated heterocycles. The summed E-state index contributed by atoms with van der Waals surface area (Å²) in [5.41, 5.74) is 3.34. The van der Waals surface area contributed by atoms with Crippen LogP contribution in [0.1, 0.15) is 34.3 Å². The number of hydrogen-bond acceptors (Lipinski definition) is 4. The molecule has 0 spiro atoms.